The van der Waals surface area contributed by atoms with Crippen LogP contribution in [-0.4, -0.2) is 14.9 Å². The molecule has 0 saturated carbocycles. The van der Waals surface area contributed by atoms with Gasteiger partial charge in [0.15, 0.2) is 5.11 Å². The average Bonchev–Trinajstić information content (AvgIpc) is 3.14. The average molecular weight is 452 g/mol. The number of hydrogen-bond donors (Lipinski definition) is 1. The second-order valence-electron chi connectivity index (χ2n) is 6.32. The lowest BCUT2D eigenvalue weighted by atomic mass is 10.1. The van der Waals surface area contributed by atoms with Gasteiger partial charge in [-0.25, -0.2) is 4.68 Å². The molecule has 0 atom stereocenters. The number of hydrogen-bond acceptors (Lipinski definition) is 4. The molecule has 0 saturated heterocycles. The van der Waals surface area contributed by atoms with Gasteiger partial charge in [-0.2, -0.15) is 5.10 Å². The molecule has 148 valence electrons. The first-order chi connectivity index (χ1) is 14.5. The summed E-state index contributed by atoms with van der Waals surface area (Å²) in [6.45, 7) is 0. The van der Waals surface area contributed by atoms with Crippen molar-refractivity contribution < 1.29 is 0 Å². The summed E-state index contributed by atoms with van der Waals surface area (Å²) in [5.74, 6) is 0. The lowest BCUT2D eigenvalue weighted by Crippen LogP contribution is -2.21. The lowest BCUT2D eigenvalue weighted by molar-refractivity contribution is 0.951. The fourth-order valence-electron chi connectivity index (χ4n) is 2.98. The summed E-state index contributed by atoms with van der Waals surface area (Å²) in [5, 5.41) is 14.6. The highest BCUT2D eigenvalue weighted by Crippen LogP contribution is 2.40. The molecule has 0 aliphatic rings. The minimum Gasteiger partial charge on any atom is -0.374 e. The van der Waals surface area contributed by atoms with E-state index in [0.717, 1.165) is 11.1 Å². The van der Waals surface area contributed by atoms with Crippen molar-refractivity contribution in [2.24, 2.45) is 16.0 Å². The molecule has 0 fully saturated rings. The summed E-state index contributed by atoms with van der Waals surface area (Å²) in [6.07, 6.45) is 0. The third-order valence-electron chi connectivity index (χ3n) is 4.33. The quantitative estimate of drug-likeness (QED) is 0.267. The van der Waals surface area contributed by atoms with Gasteiger partial charge in [0.2, 0.25) is 0 Å². The zero-order chi connectivity index (χ0) is 21.1. The minimum atomic E-state index is 0.108. The molecule has 0 bridgehead atoms. The molecule has 4 rings (SSSR count). The summed E-state index contributed by atoms with van der Waals surface area (Å²) >= 11 is 17.5. The molecule has 0 amide bonds. The van der Waals surface area contributed by atoms with Gasteiger partial charge in [0.05, 0.1) is 5.02 Å². The van der Waals surface area contributed by atoms with Crippen LogP contribution in [0.25, 0.3) is 22.5 Å². The number of rotatable bonds is 4. The van der Waals surface area contributed by atoms with Gasteiger partial charge in [-0.05, 0) is 30.4 Å². The first-order valence-electron chi connectivity index (χ1n) is 8.95. The Morgan fingerprint density at radius 1 is 0.867 bits per heavy atom. The molecule has 0 unspecified atom stereocenters. The number of thiocarbonyl (C=S) groups is 1. The highest BCUT2D eigenvalue weighted by Gasteiger charge is 2.22. The third kappa shape index (κ3) is 4.11. The Hall–Kier alpha value is -3.06. The fourth-order valence-corrected chi connectivity index (χ4v) is 3.55. The zero-order valence-electron chi connectivity index (χ0n) is 15.5. The topological polar surface area (TPSA) is 68.6 Å². The van der Waals surface area contributed by atoms with Crippen LogP contribution >= 0.6 is 35.4 Å². The van der Waals surface area contributed by atoms with Crippen molar-refractivity contribution in [3.05, 3.63) is 88.9 Å². The number of aromatic nitrogens is 2. The summed E-state index contributed by atoms with van der Waals surface area (Å²) in [5.41, 5.74) is 9.98. The predicted molar refractivity (Wildman–Crippen MR) is 126 cm³/mol. The summed E-state index contributed by atoms with van der Waals surface area (Å²) < 4.78 is 1.50. The maximum Gasteiger partial charge on any atom is 0.191 e. The maximum absolute atomic E-state index is 6.27. The summed E-state index contributed by atoms with van der Waals surface area (Å²) in [4.78, 5) is 0. The van der Waals surface area contributed by atoms with E-state index in [9.17, 15) is 0 Å². The normalized spacial score (nSPS) is 11.1. The summed E-state index contributed by atoms with van der Waals surface area (Å²) in [7, 11) is 0. The Balaban J connectivity index is 1.96. The van der Waals surface area contributed by atoms with Crippen LogP contribution in [0, 0.1) is 0 Å². The van der Waals surface area contributed by atoms with Gasteiger partial charge in [-0.1, -0.05) is 83.9 Å². The SMILES string of the molecule is NC(=S)n1nc(-c2ccccc2)c(N=Nc2ccc(Cl)cc2Cl)c1-c1ccccc1. The molecule has 8 heteroatoms. The van der Waals surface area contributed by atoms with Crippen LogP contribution in [0.3, 0.4) is 0 Å². The van der Waals surface area contributed by atoms with Crippen LogP contribution in [0.1, 0.15) is 0 Å². The molecule has 30 heavy (non-hydrogen) atoms. The van der Waals surface area contributed by atoms with Gasteiger partial charge >= 0.3 is 0 Å². The van der Waals surface area contributed by atoms with Crippen LogP contribution in [0.15, 0.2) is 89.1 Å². The van der Waals surface area contributed by atoms with Crippen molar-refractivity contribution in [2.45, 2.75) is 0 Å². The number of nitrogens with two attached hydrogens (primary N) is 1. The monoisotopic (exact) mass is 451 g/mol. The maximum atomic E-state index is 6.27. The molecule has 5 nitrogen and oxygen atoms in total. The van der Waals surface area contributed by atoms with E-state index < -0.39 is 0 Å². The van der Waals surface area contributed by atoms with E-state index in [4.69, 9.17) is 41.2 Å². The molecule has 0 aliphatic carbocycles. The molecular weight excluding hydrogens is 437 g/mol. The molecular formula is C22H15Cl2N5S. The van der Waals surface area contributed by atoms with Crippen LogP contribution < -0.4 is 5.73 Å². The van der Waals surface area contributed by atoms with Gasteiger partial charge in [-0.15, -0.1) is 10.2 Å². The van der Waals surface area contributed by atoms with E-state index >= 15 is 0 Å². The van der Waals surface area contributed by atoms with E-state index in [1.807, 2.05) is 60.7 Å². The van der Waals surface area contributed by atoms with E-state index in [1.54, 1.807) is 18.2 Å². The Morgan fingerprint density at radius 2 is 1.50 bits per heavy atom. The van der Waals surface area contributed by atoms with E-state index in [1.165, 1.54) is 4.68 Å². The van der Waals surface area contributed by atoms with Crippen molar-refractivity contribution in [3.63, 3.8) is 0 Å². The minimum absolute atomic E-state index is 0.108. The van der Waals surface area contributed by atoms with Crippen LogP contribution in [0.5, 0.6) is 0 Å². The van der Waals surface area contributed by atoms with Crippen molar-refractivity contribution >= 4 is 51.9 Å². The van der Waals surface area contributed by atoms with Crippen molar-refractivity contribution in [1.82, 2.24) is 9.78 Å². The van der Waals surface area contributed by atoms with Gasteiger partial charge in [0.25, 0.3) is 0 Å². The Bertz CT molecular complexity index is 1240. The van der Waals surface area contributed by atoms with Gasteiger partial charge < -0.3 is 5.73 Å². The Morgan fingerprint density at radius 3 is 2.10 bits per heavy atom. The smallest absolute Gasteiger partial charge is 0.191 e. The second kappa shape index (κ2) is 8.75. The van der Waals surface area contributed by atoms with Gasteiger partial charge in [0.1, 0.15) is 22.8 Å². The molecule has 2 N–H and O–H groups in total. The van der Waals surface area contributed by atoms with E-state index in [-0.39, 0.29) is 5.11 Å². The predicted octanol–water partition coefficient (Wildman–Crippen LogP) is 7.03. The number of azo groups is 1. The highest BCUT2D eigenvalue weighted by molar-refractivity contribution is 7.80. The second-order valence-corrected chi connectivity index (χ2v) is 7.59. The largest absolute Gasteiger partial charge is 0.374 e. The van der Waals surface area contributed by atoms with Crippen molar-refractivity contribution in [3.8, 4) is 22.5 Å². The van der Waals surface area contributed by atoms with Crippen molar-refractivity contribution in [2.75, 3.05) is 0 Å². The highest BCUT2D eigenvalue weighted by atomic mass is 35.5. The van der Waals surface area contributed by atoms with E-state index in [0.29, 0.717) is 32.8 Å². The fraction of sp³-hybridized carbons (Fsp3) is 0. The third-order valence-corrected chi connectivity index (χ3v) is 5.04. The van der Waals surface area contributed by atoms with Crippen LogP contribution in [0.2, 0.25) is 10.0 Å². The van der Waals surface area contributed by atoms with Gasteiger partial charge in [0, 0.05) is 16.1 Å². The standard InChI is InChI=1S/C22H15Cl2N5S/c23-16-11-12-18(17(24)13-16)26-27-20-19(14-7-3-1-4-8-14)28-29(22(25)30)21(20)15-9-5-2-6-10-15/h1-13H,(H2,25,30). The number of halogens is 2. The molecule has 1 aromatic heterocycles. The molecule has 1 heterocycles. The molecule has 0 spiro atoms. The lowest BCUT2D eigenvalue weighted by Gasteiger charge is -2.06. The molecule has 4 aromatic rings. The van der Waals surface area contributed by atoms with Crippen molar-refractivity contribution in [1.29, 1.82) is 0 Å². The number of nitrogens with zero attached hydrogens (tertiary/aromatic N) is 4. The Kier molecular flexibility index (Phi) is 5.90. The zero-order valence-corrected chi connectivity index (χ0v) is 17.9. The molecule has 0 radical (unpaired) electrons. The first-order valence-corrected chi connectivity index (χ1v) is 10.1. The first kappa shape index (κ1) is 20.2. The van der Waals surface area contributed by atoms with Crippen LogP contribution in [0.4, 0.5) is 11.4 Å². The Labute approximate surface area is 188 Å². The van der Waals surface area contributed by atoms with Crippen LogP contribution in [-0.2, 0) is 0 Å². The molecule has 3 aromatic carbocycles. The molecule has 0 aliphatic heterocycles. The van der Waals surface area contributed by atoms with E-state index in [2.05, 4.69) is 15.3 Å². The number of benzene rings is 3. The summed E-state index contributed by atoms with van der Waals surface area (Å²) in [6, 6.07) is 24.3. The van der Waals surface area contributed by atoms with Gasteiger partial charge in [-0.3, -0.25) is 0 Å².